The molecule has 88 valence electrons. The lowest BCUT2D eigenvalue weighted by atomic mass is 10.2. The van der Waals surface area contributed by atoms with Crippen LogP contribution in [0.1, 0.15) is 25.0 Å². The van der Waals surface area contributed by atoms with Gasteiger partial charge in [-0.25, -0.2) is 4.98 Å². The molecule has 1 fully saturated rings. The van der Waals surface area contributed by atoms with Gasteiger partial charge in [0.05, 0.1) is 18.8 Å². The van der Waals surface area contributed by atoms with Crippen LogP contribution in [0, 0.1) is 0 Å². The van der Waals surface area contributed by atoms with Crippen molar-refractivity contribution in [2.45, 2.75) is 32.4 Å². The Morgan fingerprint density at radius 1 is 1.69 bits per heavy atom. The number of hydrogen-bond donors (Lipinski definition) is 1. The highest BCUT2D eigenvalue weighted by atomic mass is 16.4. The van der Waals surface area contributed by atoms with E-state index < -0.39 is 0 Å². The molecule has 1 N–H and O–H groups in total. The van der Waals surface area contributed by atoms with Crippen molar-refractivity contribution in [3.05, 3.63) is 17.8 Å². The highest BCUT2D eigenvalue weighted by Crippen LogP contribution is 2.10. The van der Waals surface area contributed by atoms with E-state index in [1.54, 1.807) is 11.1 Å². The summed E-state index contributed by atoms with van der Waals surface area (Å²) in [6.45, 7) is 3.36. The van der Waals surface area contributed by atoms with Gasteiger partial charge in [0.2, 0.25) is 11.8 Å². The van der Waals surface area contributed by atoms with Crippen LogP contribution >= 0.6 is 0 Å². The van der Waals surface area contributed by atoms with Crippen molar-refractivity contribution in [3.8, 4) is 0 Å². The van der Waals surface area contributed by atoms with E-state index in [-0.39, 0.29) is 11.9 Å². The van der Waals surface area contributed by atoms with E-state index in [1.165, 1.54) is 0 Å². The van der Waals surface area contributed by atoms with E-state index in [0.29, 0.717) is 12.4 Å². The first-order valence-electron chi connectivity index (χ1n) is 5.62. The molecular weight excluding hydrogens is 206 g/mol. The van der Waals surface area contributed by atoms with Gasteiger partial charge in [-0.15, -0.1) is 0 Å². The standard InChI is InChI=1S/C11H17N3O2/c1-3-8-6-13-10(16-8)7-12-9-4-5-14(2)11(9)15/h6,9,12H,3-5,7H2,1-2H3. The van der Waals surface area contributed by atoms with E-state index in [4.69, 9.17) is 4.42 Å². The zero-order valence-electron chi connectivity index (χ0n) is 9.69. The summed E-state index contributed by atoms with van der Waals surface area (Å²) in [6.07, 6.45) is 3.44. The Kier molecular flexibility index (Phi) is 3.24. The number of hydrogen-bond acceptors (Lipinski definition) is 4. The van der Waals surface area contributed by atoms with Crippen LogP contribution in [0.25, 0.3) is 0 Å². The third-order valence-electron chi connectivity index (χ3n) is 2.88. The third-order valence-corrected chi connectivity index (χ3v) is 2.88. The van der Waals surface area contributed by atoms with Crippen LogP contribution < -0.4 is 5.32 Å². The number of carbonyl (C=O) groups excluding carboxylic acids is 1. The van der Waals surface area contributed by atoms with Crippen molar-refractivity contribution in [2.24, 2.45) is 0 Å². The summed E-state index contributed by atoms with van der Waals surface area (Å²) < 4.78 is 5.46. The second kappa shape index (κ2) is 4.65. The summed E-state index contributed by atoms with van der Waals surface area (Å²) in [4.78, 5) is 17.5. The van der Waals surface area contributed by atoms with Crippen LogP contribution in [-0.4, -0.2) is 35.4 Å². The van der Waals surface area contributed by atoms with E-state index in [9.17, 15) is 4.79 Å². The van der Waals surface area contributed by atoms with Crippen LogP contribution in [0.4, 0.5) is 0 Å². The Balaban J connectivity index is 1.85. The minimum atomic E-state index is -0.0815. The third kappa shape index (κ3) is 2.24. The summed E-state index contributed by atoms with van der Waals surface area (Å²) in [7, 11) is 1.82. The average molecular weight is 223 g/mol. The van der Waals surface area contributed by atoms with Gasteiger partial charge in [0.25, 0.3) is 0 Å². The zero-order valence-corrected chi connectivity index (χ0v) is 9.69. The van der Waals surface area contributed by atoms with Gasteiger partial charge < -0.3 is 9.32 Å². The molecule has 1 aliphatic heterocycles. The summed E-state index contributed by atoms with van der Waals surface area (Å²) in [6, 6.07) is -0.0815. The molecule has 5 heteroatoms. The lowest BCUT2D eigenvalue weighted by Gasteiger charge is -2.10. The Hall–Kier alpha value is -1.36. The number of nitrogens with one attached hydrogen (secondary N) is 1. The van der Waals surface area contributed by atoms with Crippen molar-refractivity contribution >= 4 is 5.91 Å². The number of amides is 1. The average Bonchev–Trinajstić information content (AvgIpc) is 2.86. The van der Waals surface area contributed by atoms with E-state index >= 15 is 0 Å². The maximum atomic E-state index is 11.6. The van der Waals surface area contributed by atoms with Crippen LogP contribution in [-0.2, 0) is 17.8 Å². The van der Waals surface area contributed by atoms with E-state index in [1.807, 2.05) is 14.0 Å². The fraction of sp³-hybridized carbons (Fsp3) is 0.636. The van der Waals surface area contributed by atoms with E-state index in [0.717, 1.165) is 25.1 Å². The number of nitrogens with zero attached hydrogens (tertiary/aromatic N) is 2. The molecule has 1 saturated heterocycles. The predicted molar refractivity (Wildman–Crippen MR) is 58.8 cm³/mol. The van der Waals surface area contributed by atoms with Gasteiger partial charge in [0.15, 0.2) is 0 Å². The minimum Gasteiger partial charge on any atom is -0.444 e. The molecular formula is C11H17N3O2. The Labute approximate surface area is 94.8 Å². The van der Waals surface area contributed by atoms with Gasteiger partial charge >= 0.3 is 0 Å². The number of aryl methyl sites for hydroxylation is 1. The molecule has 0 spiro atoms. The smallest absolute Gasteiger partial charge is 0.239 e. The number of carbonyl (C=O) groups is 1. The first-order valence-corrected chi connectivity index (χ1v) is 5.62. The number of likely N-dealkylation sites (tertiary alicyclic amines) is 1. The molecule has 2 heterocycles. The summed E-state index contributed by atoms with van der Waals surface area (Å²) >= 11 is 0. The maximum absolute atomic E-state index is 11.6. The Morgan fingerprint density at radius 3 is 3.06 bits per heavy atom. The van der Waals surface area contributed by atoms with Crippen molar-refractivity contribution in [3.63, 3.8) is 0 Å². The van der Waals surface area contributed by atoms with Crippen molar-refractivity contribution in [1.82, 2.24) is 15.2 Å². The largest absolute Gasteiger partial charge is 0.444 e. The van der Waals surface area contributed by atoms with Gasteiger partial charge in [-0.1, -0.05) is 6.92 Å². The minimum absolute atomic E-state index is 0.0815. The quantitative estimate of drug-likeness (QED) is 0.810. The highest BCUT2D eigenvalue weighted by molar-refractivity contribution is 5.83. The van der Waals surface area contributed by atoms with Gasteiger partial charge in [0, 0.05) is 20.0 Å². The van der Waals surface area contributed by atoms with Gasteiger partial charge in [-0.3, -0.25) is 10.1 Å². The highest BCUT2D eigenvalue weighted by Gasteiger charge is 2.28. The number of rotatable bonds is 4. The van der Waals surface area contributed by atoms with Crippen molar-refractivity contribution < 1.29 is 9.21 Å². The Morgan fingerprint density at radius 2 is 2.50 bits per heavy atom. The first kappa shape index (κ1) is 11.1. The first-order chi connectivity index (χ1) is 7.70. The van der Waals surface area contributed by atoms with Crippen LogP contribution in [0.5, 0.6) is 0 Å². The molecule has 16 heavy (non-hydrogen) atoms. The summed E-state index contributed by atoms with van der Waals surface area (Å²) in [5.74, 6) is 1.69. The number of oxazole rings is 1. The summed E-state index contributed by atoms with van der Waals surface area (Å²) in [5, 5.41) is 3.17. The lowest BCUT2D eigenvalue weighted by molar-refractivity contribution is -0.128. The lowest BCUT2D eigenvalue weighted by Crippen LogP contribution is -2.36. The van der Waals surface area contributed by atoms with Crippen molar-refractivity contribution in [1.29, 1.82) is 0 Å². The topological polar surface area (TPSA) is 58.4 Å². The Bertz CT molecular complexity index is 375. The molecule has 0 aromatic carbocycles. The van der Waals surface area contributed by atoms with Crippen LogP contribution in [0.2, 0.25) is 0 Å². The van der Waals surface area contributed by atoms with Gasteiger partial charge in [0.1, 0.15) is 5.76 Å². The maximum Gasteiger partial charge on any atom is 0.239 e. The SMILES string of the molecule is CCc1cnc(CNC2CCN(C)C2=O)o1. The molecule has 0 saturated carbocycles. The molecule has 0 radical (unpaired) electrons. The zero-order chi connectivity index (χ0) is 11.5. The fourth-order valence-electron chi connectivity index (χ4n) is 1.82. The molecule has 0 aliphatic carbocycles. The molecule has 1 amide bonds. The number of aromatic nitrogens is 1. The van der Waals surface area contributed by atoms with Gasteiger partial charge in [-0.05, 0) is 6.42 Å². The molecule has 2 rings (SSSR count). The normalized spacial score (nSPS) is 20.8. The molecule has 1 atom stereocenters. The molecule has 1 aromatic rings. The monoisotopic (exact) mass is 223 g/mol. The van der Waals surface area contributed by atoms with Crippen molar-refractivity contribution in [2.75, 3.05) is 13.6 Å². The van der Waals surface area contributed by atoms with E-state index in [2.05, 4.69) is 10.3 Å². The van der Waals surface area contributed by atoms with Gasteiger partial charge in [-0.2, -0.15) is 0 Å². The van der Waals surface area contributed by atoms with Crippen LogP contribution in [0.3, 0.4) is 0 Å². The molecule has 5 nitrogen and oxygen atoms in total. The molecule has 0 bridgehead atoms. The fourth-order valence-corrected chi connectivity index (χ4v) is 1.82. The predicted octanol–water partition coefficient (Wildman–Crippen LogP) is 0.557. The second-order valence-electron chi connectivity index (χ2n) is 4.06. The molecule has 1 aromatic heterocycles. The molecule has 1 aliphatic rings. The second-order valence-corrected chi connectivity index (χ2v) is 4.06. The number of likely N-dealkylation sites (N-methyl/N-ethyl adjacent to an activating group) is 1. The summed E-state index contributed by atoms with van der Waals surface area (Å²) in [5.41, 5.74) is 0. The molecule has 1 unspecified atom stereocenters. The van der Waals surface area contributed by atoms with Crippen LogP contribution in [0.15, 0.2) is 10.6 Å².